The molecule has 0 fully saturated rings. The number of ether oxygens (including phenoxy) is 1. The molecular formula is C26H27N5O3S. The number of nitrogens with zero attached hydrogens (tertiary/aromatic N) is 1. The lowest BCUT2D eigenvalue weighted by atomic mass is 9.87. The van der Waals surface area contributed by atoms with Crippen molar-refractivity contribution < 1.29 is 14.3 Å². The first-order chi connectivity index (χ1) is 16.6. The maximum absolute atomic E-state index is 12.5. The van der Waals surface area contributed by atoms with E-state index < -0.39 is 0 Å². The van der Waals surface area contributed by atoms with Crippen LogP contribution in [0.15, 0.2) is 60.7 Å². The Bertz CT molecular complexity index is 1390. The van der Waals surface area contributed by atoms with E-state index in [-0.39, 0.29) is 17.4 Å². The Morgan fingerprint density at radius 3 is 2.34 bits per heavy atom. The van der Waals surface area contributed by atoms with Crippen LogP contribution in [0.2, 0.25) is 0 Å². The molecule has 180 valence electrons. The fourth-order valence-corrected chi connectivity index (χ4v) is 4.36. The number of nitrogens with two attached hydrogens (primary N) is 1. The number of aromatic nitrogens is 1. The summed E-state index contributed by atoms with van der Waals surface area (Å²) in [4.78, 5) is 28.2. The largest absolute Gasteiger partial charge is 0.455 e. The summed E-state index contributed by atoms with van der Waals surface area (Å²) < 4.78 is 6.71. The molecule has 3 amide bonds. The third-order valence-electron chi connectivity index (χ3n) is 5.17. The second-order valence-electron chi connectivity index (χ2n) is 9.06. The van der Waals surface area contributed by atoms with Gasteiger partial charge in [-0.1, -0.05) is 50.3 Å². The lowest BCUT2D eigenvalue weighted by Gasteiger charge is -2.19. The molecule has 5 N–H and O–H groups in total. The third kappa shape index (κ3) is 5.88. The van der Waals surface area contributed by atoms with Crippen LogP contribution in [0.25, 0.3) is 10.2 Å². The van der Waals surface area contributed by atoms with Crippen LogP contribution < -0.4 is 26.4 Å². The second-order valence-corrected chi connectivity index (χ2v) is 10.1. The number of hydrogen-bond donors (Lipinski definition) is 4. The highest BCUT2D eigenvalue weighted by atomic mass is 32.1. The Balaban J connectivity index is 1.44. The molecule has 0 aliphatic carbocycles. The minimum absolute atomic E-state index is 0.0445. The summed E-state index contributed by atoms with van der Waals surface area (Å²) in [7, 11) is 0. The van der Waals surface area contributed by atoms with E-state index in [1.54, 1.807) is 36.4 Å². The summed E-state index contributed by atoms with van der Waals surface area (Å²) in [5, 5.41) is 8.80. The fourth-order valence-electron chi connectivity index (χ4n) is 3.40. The Hall–Kier alpha value is -4.11. The quantitative estimate of drug-likeness (QED) is 0.236. The molecule has 0 saturated carbocycles. The number of carbonyl (C=O) groups excluding carboxylic acids is 2. The molecule has 1 aromatic heterocycles. The van der Waals surface area contributed by atoms with Gasteiger partial charge in [0.1, 0.15) is 5.75 Å². The normalized spacial score (nSPS) is 11.2. The zero-order valence-corrected chi connectivity index (χ0v) is 20.7. The van der Waals surface area contributed by atoms with E-state index in [1.807, 2.05) is 24.3 Å². The van der Waals surface area contributed by atoms with Crippen LogP contribution in [0.5, 0.6) is 11.5 Å². The molecule has 3 aromatic carbocycles. The topological polar surface area (TPSA) is 118 Å². The maximum atomic E-state index is 12.5. The van der Waals surface area contributed by atoms with Crippen molar-refractivity contribution in [2.75, 3.05) is 21.7 Å². The number of thiazole rings is 1. The molecule has 0 saturated heterocycles. The number of carbonyl (C=O) groups is 2. The van der Waals surface area contributed by atoms with Gasteiger partial charge in [0.15, 0.2) is 10.9 Å². The van der Waals surface area contributed by atoms with Crippen molar-refractivity contribution >= 4 is 55.7 Å². The van der Waals surface area contributed by atoms with E-state index in [9.17, 15) is 9.59 Å². The first kappa shape index (κ1) is 24.0. The molecule has 4 rings (SSSR count). The van der Waals surface area contributed by atoms with E-state index >= 15 is 0 Å². The molecule has 8 nitrogen and oxygen atoms in total. The zero-order valence-electron chi connectivity index (χ0n) is 19.9. The van der Waals surface area contributed by atoms with Crippen molar-refractivity contribution in [2.24, 2.45) is 0 Å². The van der Waals surface area contributed by atoms with Gasteiger partial charge in [-0.05, 0) is 47.4 Å². The van der Waals surface area contributed by atoms with E-state index in [1.165, 1.54) is 23.8 Å². The summed E-state index contributed by atoms with van der Waals surface area (Å²) in [5.74, 6) is 0.764. The number of benzene rings is 3. The predicted octanol–water partition coefficient (Wildman–Crippen LogP) is 6.57. The smallest absolute Gasteiger partial charge is 0.323 e. The second kappa shape index (κ2) is 9.63. The molecule has 35 heavy (non-hydrogen) atoms. The molecule has 0 bridgehead atoms. The molecule has 0 atom stereocenters. The Morgan fingerprint density at radius 1 is 0.943 bits per heavy atom. The van der Waals surface area contributed by atoms with Gasteiger partial charge in [0.25, 0.3) is 0 Å². The molecule has 0 aliphatic rings. The molecular weight excluding hydrogens is 462 g/mol. The van der Waals surface area contributed by atoms with E-state index in [2.05, 4.69) is 41.7 Å². The monoisotopic (exact) mass is 489 g/mol. The summed E-state index contributed by atoms with van der Waals surface area (Å²) >= 11 is 1.28. The van der Waals surface area contributed by atoms with Gasteiger partial charge in [0.2, 0.25) is 5.91 Å². The number of fused-ring (bicyclic) bond motifs is 1. The van der Waals surface area contributed by atoms with Gasteiger partial charge in [-0.3, -0.25) is 4.79 Å². The van der Waals surface area contributed by atoms with Crippen LogP contribution in [0.4, 0.5) is 27.0 Å². The highest BCUT2D eigenvalue weighted by Gasteiger charge is 2.14. The van der Waals surface area contributed by atoms with Gasteiger partial charge in [0, 0.05) is 24.4 Å². The number of hydrogen-bond acceptors (Lipinski definition) is 6. The van der Waals surface area contributed by atoms with Crippen molar-refractivity contribution in [3.05, 3.63) is 66.2 Å². The van der Waals surface area contributed by atoms with Crippen molar-refractivity contribution in [1.29, 1.82) is 0 Å². The molecule has 4 aromatic rings. The van der Waals surface area contributed by atoms with Crippen LogP contribution in [0.3, 0.4) is 0 Å². The van der Waals surface area contributed by atoms with Crippen LogP contribution in [0, 0.1) is 0 Å². The van der Waals surface area contributed by atoms with Crippen LogP contribution >= 0.6 is 11.3 Å². The summed E-state index contributed by atoms with van der Waals surface area (Å²) in [6, 6.07) is 18.0. The standard InChI is InChI=1S/C26H27N5O3S/c1-15(32)28-25-31-20-12-13-21(22(27)23(20)35-25)34-19-7-5-6-18(14-19)30-24(33)29-17-10-8-16(9-11-17)26(2,3)4/h5-14H,27H2,1-4H3,(H,28,31,32)(H2,29,30,33). The number of anilines is 4. The van der Waals surface area contributed by atoms with Gasteiger partial charge < -0.3 is 26.4 Å². The molecule has 0 aliphatic heterocycles. The zero-order chi connectivity index (χ0) is 25.2. The van der Waals surface area contributed by atoms with Gasteiger partial charge in [0.05, 0.1) is 15.9 Å². The van der Waals surface area contributed by atoms with Gasteiger partial charge in [-0.25, -0.2) is 9.78 Å². The first-order valence-electron chi connectivity index (χ1n) is 11.0. The maximum Gasteiger partial charge on any atom is 0.323 e. The number of nitrogens with one attached hydrogen (secondary N) is 3. The number of rotatable bonds is 5. The van der Waals surface area contributed by atoms with Gasteiger partial charge in [-0.15, -0.1) is 0 Å². The number of nitrogen functional groups attached to an aromatic ring is 1. The van der Waals surface area contributed by atoms with Crippen molar-refractivity contribution in [3.63, 3.8) is 0 Å². The van der Waals surface area contributed by atoms with Crippen LogP contribution in [0.1, 0.15) is 33.3 Å². The number of amides is 3. The van der Waals surface area contributed by atoms with Crippen molar-refractivity contribution in [2.45, 2.75) is 33.1 Å². The first-order valence-corrected chi connectivity index (χ1v) is 11.8. The molecule has 1 heterocycles. The average Bonchev–Trinajstić information content (AvgIpc) is 3.18. The molecule has 0 spiro atoms. The summed E-state index contributed by atoms with van der Waals surface area (Å²) in [6.07, 6.45) is 0. The highest BCUT2D eigenvalue weighted by Crippen LogP contribution is 2.38. The van der Waals surface area contributed by atoms with Crippen molar-refractivity contribution in [3.8, 4) is 11.5 Å². The highest BCUT2D eigenvalue weighted by molar-refractivity contribution is 7.23. The van der Waals surface area contributed by atoms with Gasteiger partial charge >= 0.3 is 6.03 Å². The Labute approximate surface area is 207 Å². The number of urea groups is 1. The fraction of sp³-hybridized carbons (Fsp3) is 0.192. The molecule has 0 unspecified atom stereocenters. The van der Waals surface area contributed by atoms with E-state index in [4.69, 9.17) is 10.5 Å². The Morgan fingerprint density at radius 2 is 1.66 bits per heavy atom. The van der Waals surface area contributed by atoms with E-state index in [0.717, 1.165) is 4.70 Å². The molecule has 0 radical (unpaired) electrons. The molecule has 9 heteroatoms. The van der Waals surface area contributed by atoms with Gasteiger partial charge in [-0.2, -0.15) is 0 Å². The minimum Gasteiger partial charge on any atom is -0.455 e. The SMILES string of the molecule is CC(=O)Nc1nc2ccc(Oc3cccc(NC(=O)Nc4ccc(C(C)(C)C)cc4)c3)c(N)c2s1. The minimum atomic E-state index is -0.359. The lowest BCUT2D eigenvalue weighted by Crippen LogP contribution is -2.19. The van der Waals surface area contributed by atoms with Crippen molar-refractivity contribution in [1.82, 2.24) is 4.98 Å². The lowest BCUT2D eigenvalue weighted by molar-refractivity contribution is -0.114. The van der Waals surface area contributed by atoms with E-state index in [0.29, 0.717) is 39.2 Å². The third-order valence-corrected chi connectivity index (χ3v) is 6.19. The predicted molar refractivity (Wildman–Crippen MR) is 143 cm³/mol. The van der Waals surface area contributed by atoms with Crippen LogP contribution in [-0.2, 0) is 10.2 Å². The Kier molecular flexibility index (Phi) is 6.61. The summed E-state index contributed by atoms with van der Waals surface area (Å²) in [6.45, 7) is 7.85. The average molecular weight is 490 g/mol. The van der Waals surface area contributed by atoms with Crippen LogP contribution in [-0.4, -0.2) is 16.9 Å². The summed E-state index contributed by atoms with van der Waals surface area (Å²) in [5.41, 5.74) is 9.90.